The fourth-order valence-corrected chi connectivity index (χ4v) is 0.580. The van der Waals surface area contributed by atoms with E-state index in [-0.39, 0.29) is 5.91 Å². The molecule has 0 atom stereocenters. The molecule has 48 valence electrons. The summed E-state index contributed by atoms with van der Waals surface area (Å²) in [4.78, 5) is 10.3. The number of hydrazine groups is 1. The molecule has 8 heavy (non-hydrogen) atoms. The van der Waals surface area contributed by atoms with Crippen molar-refractivity contribution in [3.05, 3.63) is 0 Å². The SMILES string of the molecule is NNC(=O)CCCBr. The number of hydrogen-bond donors (Lipinski definition) is 2. The topological polar surface area (TPSA) is 55.1 Å². The Morgan fingerprint density at radius 2 is 2.38 bits per heavy atom. The van der Waals surface area contributed by atoms with Gasteiger partial charge in [-0.1, -0.05) is 15.9 Å². The Kier molecular flexibility index (Phi) is 5.00. The highest BCUT2D eigenvalue weighted by molar-refractivity contribution is 9.09. The molecule has 1 amide bonds. The van der Waals surface area contributed by atoms with Gasteiger partial charge in [-0.25, -0.2) is 5.84 Å². The van der Waals surface area contributed by atoms with Crippen molar-refractivity contribution in [3.63, 3.8) is 0 Å². The van der Waals surface area contributed by atoms with Gasteiger partial charge in [0.05, 0.1) is 0 Å². The molecule has 3 N–H and O–H groups in total. The molecule has 0 aliphatic heterocycles. The first kappa shape index (κ1) is 7.91. The molecular weight excluding hydrogens is 172 g/mol. The number of alkyl halides is 1. The summed E-state index contributed by atoms with van der Waals surface area (Å²) in [5, 5.41) is 0.848. The van der Waals surface area contributed by atoms with Gasteiger partial charge in [-0.2, -0.15) is 0 Å². The number of hydrogen-bond acceptors (Lipinski definition) is 2. The van der Waals surface area contributed by atoms with Crippen LogP contribution in [0.1, 0.15) is 12.8 Å². The molecule has 0 rings (SSSR count). The van der Waals surface area contributed by atoms with E-state index in [9.17, 15) is 4.79 Å². The van der Waals surface area contributed by atoms with E-state index in [2.05, 4.69) is 15.9 Å². The molecular formula is C4H9BrN2O. The van der Waals surface area contributed by atoms with Crippen LogP contribution in [0.5, 0.6) is 0 Å². The number of carbonyl (C=O) groups is 1. The highest BCUT2D eigenvalue weighted by atomic mass is 79.9. The predicted octanol–water partition coefficient (Wildman–Crippen LogP) is 0.151. The van der Waals surface area contributed by atoms with Gasteiger partial charge >= 0.3 is 0 Å². The lowest BCUT2D eigenvalue weighted by Gasteiger charge is -1.93. The van der Waals surface area contributed by atoms with Crippen LogP contribution in [0.15, 0.2) is 0 Å². The fourth-order valence-electron chi connectivity index (χ4n) is 0.300. The Balaban J connectivity index is 2.99. The molecule has 0 aliphatic carbocycles. The van der Waals surface area contributed by atoms with Crippen molar-refractivity contribution >= 4 is 21.8 Å². The second kappa shape index (κ2) is 5.05. The number of amides is 1. The van der Waals surface area contributed by atoms with E-state index >= 15 is 0 Å². The van der Waals surface area contributed by atoms with Gasteiger partial charge in [0, 0.05) is 11.8 Å². The summed E-state index contributed by atoms with van der Waals surface area (Å²) in [7, 11) is 0. The van der Waals surface area contributed by atoms with Crippen molar-refractivity contribution in [1.29, 1.82) is 0 Å². The maximum Gasteiger partial charge on any atom is 0.233 e. The average Bonchev–Trinajstić information content (AvgIpc) is 1.83. The zero-order chi connectivity index (χ0) is 6.41. The van der Waals surface area contributed by atoms with Crippen molar-refractivity contribution < 1.29 is 4.79 Å². The van der Waals surface area contributed by atoms with Crippen molar-refractivity contribution in [2.75, 3.05) is 5.33 Å². The lowest BCUT2D eigenvalue weighted by Crippen LogP contribution is -2.29. The third-order valence-electron chi connectivity index (χ3n) is 0.698. The summed E-state index contributed by atoms with van der Waals surface area (Å²) in [6.45, 7) is 0. The van der Waals surface area contributed by atoms with Gasteiger partial charge < -0.3 is 0 Å². The molecule has 0 heterocycles. The molecule has 0 bridgehead atoms. The molecule has 0 aromatic carbocycles. The zero-order valence-corrected chi connectivity index (χ0v) is 6.07. The van der Waals surface area contributed by atoms with Crippen LogP contribution in [0, 0.1) is 0 Å². The maximum absolute atomic E-state index is 10.3. The number of rotatable bonds is 3. The highest BCUT2D eigenvalue weighted by Gasteiger charge is 1.93. The molecule has 0 fully saturated rings. The molecule has 3 nitrogen and oxygen atoms in total. The first-order valence-corrected chi connectivity index (χ1v) is 3.49. The van der Waals surface area contributed by atoms with Crippen LogP contribution in [0.2, 0.25) is 0 Å². The van der Waals surface area contributed by atoms with Crippen LogP contribution in [0.4, 0.5) is 0 Å². The Morgan fingerprint density at radius 3 is 2.75 bits per heavy atom. The second-order valence-electron chi connectivity index (χ2n) is 1.36. The Morgan fingerprint density at radius 1 is 1.75 bits per heavy atom. The van der Waals surface area contributed by atoms with Gasteiger partial charge in [-0.15, -0.1) is 0 Å². The van der Waals surface area contributed by atoms with Crippen LogP contribution >= 0.6 is 15.9 Å². The summed E-state index contributed by atoms with van der Waals surface area (Å²) in [5.41, 5.74) is 2.04. The first-order valence-electron chi connectivity index (χ1n) is 2.36. The molecule has 0 spiro atoms. The summed E-state index contributed by atoms with van der Waals surface area (Å²) >= 11 is 3.19. The second-order valence-corrected chi connectivity index (χ2v) is 2.15. The number of carbonyl (C=O) groups excluding carboxylic acids is 1. The van der Waals surface area contributed by atoms with Gasteiger partial charge in [0.15, 0.2) is 0 Å². The van der Waals surface area contributed by atoms with E-state index in [0.29, 0.717) is 6.42 Å². The Bertz CT molecular complexity index is 76.4. The average molecular weight is 181 g/mol. The fraction of sp³-hybridized carbons (Fsp3) is 0.750. The molecule has 0 aromatic rings. The van der Waals surface area contributed by atoms with Gasteiger partial charge in [0.25, 0.3) is 0 Å². The summed E-state index contributed by atoms with van der Waals surface area (Å²) in [6, 6.07) is 0. The van der Waals surface area contributed by atoms with Crippen molar-refractivity contribution in [1.82, 2.24) is 5.43 Å². The van der Waals surface area contributed by atoms with Crippen LogP contribution in [-0.4, -0.2) is 11.2 Å². The number of nitrogens with two attached hydrogens (primary N) is 1. The third kappa shape index (κ3) is 4.08. The normalized spacial score (nSPS) is 8.75. The van der Waals surface area contributed by atoms with E-state index in [1.165, 1.54) is 0 Å². The first-order chi connectivity index (χ1) is 3.81. The van der Waals surface area contributed by atoms with E-state index in [0.717, 1.165) is 11.8 Å². The molecule has 0 saturated heterocycles. The van der Waals surface area contributed by atoms with E-state index in [1.807, 2.05) is 5.43 Å². The maximum atomic E-state index is 10.3. The molecule has 4 heteroatoms. The van der Waals surface area contributed by atoms with E-state index < -0.39 is 0 Å². The van der Waals surface area contributed by atoms with Gasteiger partial charge in [0.1, 0.15) is 0 Å². The molecule has 0 aliphatic rings. The van der Waals surface area contributed by atoms with Crippen molar-refractivity contribution in [3.8, 4) is 0 Å². The quantitative estimate of drug-likeness (QED) is 0.282. The third-order valence-corrected chi connectivity index (χ3v) is 1.26. The van der Waals surface area contributed by atoms with E-state index in [4.69, 9.17) is 5.84 Å². The Labute approximate surface area is 56.7 Å². The minimum absolute atomic E-state index is 0.107. The standard InChI is InChI=1S/C4H9BrN2O/c5-3-1-2-4(8)7-6/h1-3,6H2,(H,7,8). The molecule has 0 saturated carbocycles. The number of halogens is 1. The van der Waals surface area contributed by atoms with Gasteiger partial charge in [-0.3, -0.25) is 10.2 Å². The minimum atomic E-state index is -0.107. The van der Waals surface area contributed by atoms with Crippen LogP contribution in [-0.2, 0) is 4.79 Å². The lowest BCUT2D eigenvalue weighted by molar-refractivity contribution is -0.121. The van der Waals surface area contributed by atoms with E-state index in [1.54, 1.807) is 0 Å². The smallest absolute Gasteiger partial charge is 0.233 e. The zero-order valence-electron chi connectivity index (χ0n) is 4.48. The van der Waals surface area contributed by atoms with Crippen LogP contribution in [0.3, 0.4) is 0 Å². The van der Waals surface area contributed by atoms with Crippen LogP contribution in [0.25, 0.3) is 0 Å². The highest BCUT2D eigenvalue weighted by Crippen LogP contribution is 1.91. The van der Waals surface area contributed by atoms with Crippen LogP contribution < -0.4 is 11.3 Å². The van der Waals surface area contributed by atoms with Gasteiger partial charge in [-0.05, 0) is 6.42 Å². The summed E-state index contributed by atoms with van der Waals surface area (Å²) in [6.07, 6.45) is 1.34. The monoisotopic (exact) mass is 180 g/mol. The summed E-state index contributed by atoms with van der Waals surface area (Å²) in [5.74, 6) is 4.69. The Hall–Kier alpha value is -0.0900. The van der Waals surface area contributed by atoms with Crippen molar-refractivity contribution in [2.24, 2.45) is 5.84 Å². The number of nitrogens with one attached hydrogen (secondary N) is 1. The minimum Gasteiger partial charge on any atom is -0.294 e. The molecule has 0 unspecified atom stereocenters. The molecule has 0 aromatic heterocycles. The molecule has 0 radical (unpaired) electrons. The largest absolute Gasteiger partial charge is 0.294 e. The van der Waals surface area contributed by atoms with Crippen molar-refractivity contribution in [2.45, 2.75) is 12.8 Å². The lowest BCUT2D eigenvalue weighted by atomic mass is 10.3. The summed E-state index contributed by atoms with van der Waals surface area (Å²) < 4.78 is 0. The van der Waals surface area contributed by atoms with Gasteiger partial charge in [0.2, 0.25) is 5.91 Å². The predicted molar refractivity (Wildman–Crippen MR) is 35.4 cm³/mol.